The van der Waals surface area contributed by atoms with E-state index in [0.717, 1.165) is 12.2 Å². The predicted molar refractivity (Wildman–Crippen MR) is 129 cm³/mol. The van der Waals surface area contributed by atoms with Crippen LogP contribution in [0.2, 0.25) is 0 Å². The van der Waals surface area contributed by atoms with Gasteiger partial charge < -0.3 is 4.74 Å². The van der Waals surface area contributed by atoms with E-state index in [4.69, 9.17) is 4.74 Å². The molecule has 0 amide bonds. The van der Waals surface area contributed by atoms with Crippen molar-refractivity contribution in [3.8, 4) is 27.3 Å². The number of benzene rings is 3. The summed E-state index contributed by atoms with van der Waals surface area (Å²) in [6.45, 7) is 0. The van der Waals surface area contributed by atoms with Crippen molar-refractivity contribution in [3.05, 3.63) is 82.2 Å². The van der Waals surface area contributed by atoms with Crippen LogP contribution in [0.3, 0.4) is 0 Å². The molecule has 0 saturated heterocycles. The zero-order valence-corrected chi connectivity index (χ0v) is 18.0. The third kappa shape index (κ3) is 2.67. The van der Waals surface area contributed by atoms with Crippen molar-refractivity contribution in [1.82, 2.24) is 0 Å². The van der Waals surface area contributed by atoms with Gasteiger partial charge in [-0.25, -0.2) is 0 Å². The van der Waals surface area contributed by atoms with Crippen LogP contribution in [-0.2, 0) is 19.3 Å². The Hall–Kier alpha value is -2.84. The number of ether oxygens (including phenoxy) is 1. The summed E-state index contributed by atoms with van der Waals surface area (Å²) in [6, 6.07) is 17.9. The normalized spacial score (nSPS) is 14.7. The van der Waals surface area contributed by atoms with Gasteiger partial charge >= 0.3 is 0 Å². The summed E-state index contributed by atoms with van der Waals surface area (Å²) in [7, 11) is 1.74. The van der Waals surface area contributed by atoms with Gasteiger partial charge in [0.2, 0.25) is 0 Å². The van der Waals surface area contributed by atoms with Crippen LogP contribution in [0.15, 0.2) is 60.0 Å². The summed E-state index contributed by atoms with van der Waals surface area (Å²) >= 11 is 1.87. The van der Waals surface area contributed by atoms with Crippen LogP contribution in [0.1, 0.15) is 35.1 Å². The Labute approximate surface area is 181 Å². The van der Waals surface area contributed by atoms with Crippen molar-refractivity contribution in [3.63, 3.8) is 0 Å². The SMILES string of the molecule is COc1ccc(-c2c3c(c(-c4cccs4)c4ccc5c(c24)C=CC5)CCCC3)cc1. The zero-order chi connectivity index (χ0) is 20.1. The monoisotopic (exact) mass is 408 g/mol. The molecule has 4 aromatic rings. The second-order valence-corrected chi connectivity index (χ2v) is 9.24. The molecular weight excluding hydrogens is 384 g/mol. The molecule has 0 spiro atoms. The van der Waals surface area contributed by atoms with Crippen molar-refractivity contribution in [2.24, 2.45) is 0 Å². The highest BCUT2D eigenvalue weighted by Gasteiger charge is 2.26. The van der Waals surface area contributed by atoms with E-state index in [0.29, 0.717) is 0 Å². The average molecular weight is 409 g/mol. The first-order valence-electron chi connectivity index (χ1n) is 10.8. The molecule has 0 unspecified atom stereocenters. The average Bonchev–Trinajstić information content (AvgIpc) is 3.49. The quantitative estimate of drug-likeness (QED) is 0.337. The van der Waals surface area contributed by atoms with Crippen LogP contribution in [-0.4, -0.2) is 7.11 Å². The van der Waals surface area contributed by atoms with E-state index in [9.17, 15) is 0 Å². The minimum absolute atomic E-state index is 0.914. The van der Waals surface area contributed by atoms with E-state index >= 15 is 0 Å². The largest absolute Gasteiger partial charge is 0.497 e. The van der Waals surface area contributed by atoms with Gasteiger partial charge in [-0.1, -0.05) is 42.5 Å². The van der Waals surface area contributed by atoms with Crippen LogP contribution >= 0.6 is 11.3 Å². The summed E-state index contributed by atoms with van der Waals surface area (Å²) in [6.07, 6.45) is 10.6. The number of hydrogen-bond donors (Lipinski definition) is 0. The fourth-order valence-corrected chi connectivity index (χ4v) is 6.17. The molecule has 0 bridgehead atoms. The van der Waals surface area contributed by atoms with Crippen LogP contribution in [0, 0.1) is 0 Å². The first-order chi connectivity index (χ1) is 14.8. The first kappa shape index (κ1) is 18.0. The Bertz CT molecular complexity index is 1280. The predicted octanol–water partition coefficient (Wildman–Crippen LogP) is 7.69. The van der Waals surface area contributed by atoms with Gasteiger partial charge in [0.1, 0.15) is 5.75 Å². The molecule has 6 rings (SSSR count). The van der Waals surface area contributed by atoms with Gasteiger partial charge in [0.25, 0.3) is 0 Å². The molecule has 2 heteroatoms. The lowest BCUT2D eigenvalue weighted by Crippen LogP contribution is -2.08. The van der Waals surface area contributed by atoms with Gasteiger partial charge in [-0.15, -0.1) is 11.3 Å². The number of thiophene rings is 1. The zero-order valence-electron chi connectivity index (χ0n) is 17.2. The molecule has 0 saturated carbocycles. The van der Waals surface area contributed by atoms with Gasteiger partial charge in [-0.3, -0.25) is 0 Å². The number of allylic oxidation sites excluding steroid dienone is 1. The molecule has 0 N–H and O–H groups in total. The number of rotatable bonds is 3. The second kappa shape index (κ2) is 7.14. The van der Waals surface area contributed by atoms with E-state index < -0.39 is 0 Å². The molecule has 1 heterocycles. The highest BCUT2D eigenvalue weighted by atomic mass is 32.1. The molecule has 148 valence electrons. The van der Waals surface area contributed by atoms with Gasteiger partial charge in [0.15, 0.2) is 0 Å². The topological polar surface area (TPSA) is 9.23 Å². The Balaban J connectivity index is 1.78. The summed E-state index contributed by atoms with van der Waals surface area (Å²) in [5, 5.41) is 5.06. The molecule has 2 aliphatic rings. The van der Waals surface area contributed by atoms with Crippen molar-refractivity contribution in [2.75, 3.05) is 7.11 Å². The summed E-state index contributed by atoms with van der Waals surface area (Å²) in [5.74, 6) is 0.914. The fourth-order valence-electron chi connectivity index (χ4n) is 5.36. The van der Waals surface area contributed by atoms with Gasteiger partial charge in [0, 0.05) is 10.4 Å². The Kier molecular flexibility index (Phi) is 4.28. The molecule has 0 aliphatic heterocycles. The maximum Gasteiger partial charge on any atom is 0.118 e. The maximum absolute atomic E-state index is 5.44. The van der Waals surface area contributed by atoms with Crippen molar-refractivity contribution >= 4 is 28.2 Å². The van der Waals surface area contributed by atoms with Gasteiger partial charge in [0.05, 0.1) is 7.11 Å². The van der Waals surface area contributed by atoms with E-state index in [-0.39, 0.29) is 0 Å². The third-order valence-corrected chi connectivity index (χ3v) is 7.58. The minimum Gasteiger partial charge on any atom is -0.497 e. The lowest BCUT2D eigenvalue weighted by molar-refractivity contribution is 0.415. The molecule has 0 radical (unpaired) electrons. The third-order valence-electron chi connectivity index (χ3n) is 6.70. The van der Waals surface area contributed by atoms with Gasteiger partial charge in [-0.05, 0) is 99.8 Å². The molecule has 30 heavy (non-hydrogen) atoms. The van der Waals surface area contributed by atoms with E-state index in [2.05, 4.69) is 66.1 Å². The first-order valence-corrected chi connectivity index (χ1v) is 11.7. The summed E-state index contributed by atoms with van der Waals surface area (Å²) < 4.78 is 5.44. The Morgan fingerprint density at radius 3 is 2.40 bits per heavy atom. The number of methoxy groups -OCH3 is 1. The summed E-state index contributed by atoms with van der Waals surface area (Å²) in [5.41, 5.74) is 10.3. The number of fused-ring (bicyclic) bond motifs is 4. The standard InChI is InChI=1S/C28H24OS/c1-29-20-14-11-19(12-15-20)26-22-7-2-3-8-23(22)27(25-10-5-17-30-25)24-16-13-18-6-4-9-21(18)28(24)26/h4-5,9-17H,2-3,6-8H2,1H3. The van der Waals surface area contributed by atoms with E-state index in [1.165, 1.54) is 69.2 Å². The number of hydrogen-bond acceptors (Lipinski definition) is 2. The highest BCUT2D eigenvalue weighted by Crippen LogP contribution is 2.48. The smallest absolute Gasteiger partial charge is 0.118 e. The summed E-state index contributed by atoms with van der Waals surface area (Å²) in [4.78, 5) is 1.40. The molecule has 0 fully saturated rings. The maximum atomic E-state index is 5.44. The molecular formula is C28H24OS. The van der Waals surface area contributed by atoms with Gasteiger partial charge in [-0.2, -0.15) is 0 Å². The Morgan fingerprint density at radius 2 is 1.67 bits per heavy atom. The fraction of sp³-hybridized carbons (Fsp3) is 0.214. The molecule has 0 atom stereocenters. The van der Waals surface area contributed by atoms with Crippen molar-refractivity contribution < 1.29 is 4.74 Å². The Morgan fingerprint density at radius 1 is 0.867 bits per heavy atom. The molecule has 2 aliphatic carbocycles. The molecule has 1 aromatic heterocycles. The van der Waals surface area contributed by atoms with Crippen molar-refractivity contribution in [1.29, 1.82) is 0 Å². The molecule has 3 aromatic carbocycles. The van der Waals surface area contributed by atoms with Crippen LogP contribution in [0.25, 0.3) is 38.4 Å². The van der Waals surface area contributed by atoms with Crippen LogP contribution < -0.4 is 4.74 Å². The lowest BCUT2D eigenvalue weighted by atomic mass is 9.78. The van der Waals surface area contributed by atoms with E-state index in [1.54, 1.807) is 18.2 Å². The highest BCUT2D eigenvalue weighted by molar-refractivity contribution is 7.13. The van der Waals surface area contributed by atoms with Crippen LogP contribution in [0.5, 0.6) is 5.75 Å². The van der Waals surface area contributed by atoms with Crippen LogP contribution in [0.4, 0.5) is 0 Å². The van der Waals surface area contributed by atoms with E-state index in [1.807, 2.05) is 11.3 Å². The lowest BCUT2D eigenvalue weighted by Gasteiger charge is -2.27. The second-order valence-electron chi connectivity index (χ2n) is 8.29. The van der Waals surface area contributed by atoms with Crippen molar-refractivity contribution in [2.45, 2.75) is 32.1 Å². The minimum atomic E-state index is 0.914. The molecule has 1 nitrogen and oxygen atoms in total.